The number of hydrogen-bond acceptors (Lipinski definition) is 2. The first-order valence-electron chi connectivity index (χ1n) is 18.2. The molecular formula is C49H36N2. The van der Waals surface area contributed by atoms with Crippen molar-refractivity contribution in [2.24, 2.45) is 11.8 Å². The Kier molecular flexibility index (Phi) is 6.15. The minimum absolute atomic E-state index is 0.242. The van der Waals surface area contributed by atoms with Gasteiger partial charge in [-0.2, -0.15) is 0 Å². The van der Waals surface area contributed by atoms with Crippen LogP contribution in [0, 0.1) is 11.8 Å². The Morgan fingerprint density at radius 2 is 1.41 bits per heavy atom. The SMILES string of the molecule is CC1C=CC2=C3C(=c4ccccc4=CC31)c1cccc(N(c3ccc4c(c3)C3C=CC=CC3N4c3ccccc3)c3ccc4ccccc4c3)c12. The number of allylic oxidation sites excluding steroid dienone is 6. The largest absolute Gasteiger partial charge is 0.333 e. The number of rotatable bonds is 4. The average Bonchev–Trinajstić information content (AvgIpc) is 3.71. The summed E-state index contributed by atoms with van der Waals surface area (Å²) in [7, 11) is 0. The van der Waals surface area contributed by atoms with E-state index in [1.165, 1.54) is 77.4 Å². The summed E-state index contributed by atoms with van der Waals surface area (Å²) in [6.45, 7) is 2.36. The Morgan fingerprint density at radius 3 is 2.33 bits per heavy atom. The van der Waals surface area contributed by atoms with E-state index in [1.54, 1.807) is 0 Å². The molecule has 4 aliphatic carbocycles. The zero-order valence-electron chi connectivity index (χ0n) is 28.4. The molecule has 51 heavy (non-hydrogen) atoms. The first-order valence-corrected chi connectivity index (χ1v) is 18.2. The highest BCUT2D eigenvalue weighted by molar-refractivity contribution is 6.09. The van der Waals surface area contributed by atoms with Gasteiger partial charge in [-0.05, 0) is 104 Å². The van der Waals surface area contributed by atoms with Gasteiger partial charge in [0.1, 0.15) is 0 Å². The molecule has 11 rings (SSSR count). The molecule has 0 saturated carbocycles. The summed E-state index contributed by atoms with van der Waals surface area (Å²) in [5.41, 5.74) is 14.4. The zero-order valence-corrected chi connectivity index (χ0v) is 28.4. The third-order valence-electron chi connectivity index (χ3n) is 11.8. The Hall–Kier alpha value is -6.12. The maximum Gasteiger partial charge on any atom is 0.0629 e. The lowest BCUT2D eigenvalue weighted by Crippen LogP contribution is -2.34. The van der Waals surface area contributed by atoms with E-state index in [9.17, 15) is 0 Å². The summed E-state index contributed by atoms with van der Waals surface area (Å²) in [6, 6.07) is 49.8. The van der Waals surface area contributed by atoms with Gasteiger partial charge in [0.2, 0.25) is 0 Å². The smallest absolute Gasteiger partial charge is 0.0629 e. The van der Waals surface area contributed by atoms with Crippen LogP contribution in [-0.2, 0) is 0 Å². The number of benzene rings is 6. The van der Waals surface area contributed by atoms with Gasteiger partial charge in [0, 0.05) is 40.1 Å². The molecule has 6 aromatic rings. The van der Waals surface area contributed by atoms with Crippen molar-refractivity contribution >= 4 is 56.4 Å². The Morgan fingerprint density at radius 1 is 0.627 bits per heavy atom. The van der Waals surface area contributed by atoms with Crippen LogP contribution in [0.1, 0.15) is 29.5 Å². The molecule has 0 aromatic heterocycles. The molecule has 4 atom stereocenters. The molecule has 0 bridgehead atoms. The summed E-state index contributed by atoms with van der Waals surface area (Å²) < 4.78 is 0. The third kappa shape index (κ3) is 4.17. The average molecular weight is 653 g/mol. The Labute approximate surface area is 298 Å². The number of fused-ring (bicyclic) bond motifs is 8. The molecule has 242 valence electrons. The van der Waals surface area contributed by atoms with Gasteiger partial charge in [-0.15, -0.1) is 0 Å². The van der Waals surface area contributed by atoms with E-state index in [2.05, 4.69) is 193 Å². The molecule has 1 aliphatic heterocycles. The van der Waals surface area contributed by atoms with Gasteiger partial charge in [-0.25, -0.2) is 0 Å². The molecule has 1 heterocycles. The van der Waals surface area contributed by atoms with Crippen LogP contribution >= 0.6 is 0 Å². The highest BCUT2D eigenvalue weighted by Gasteiger charge is 2.40. The fourth-order valence-electron chi connectivity index (χ4n) is 9.47. The van der Waals surface area contributed by atoms with Crippen molar-refractivity contribution in [1.29, 1.82) is 0 Å². The summed E-state index contributed by atoms with van der Waals surface area (Å²) in [6.07, 6.45) is 16.5. The second-order valence-corrected chi connectivity index (χ2v) is 14.5. The summed E-state index contributed by atoms with van der Waals surface area (Å²) in [4.78, 5) is 5.04. The number of nitrogens with zero attached hydrogens (tertiary/aromatic N) is 2. The minimum atomic E-state index is 0.242. The lowest BCUT2D eigenvalue weighted by molar-refractivity contribution is 0.615. The monoisotopic (exact) mass is 652 g/mol. The lowest BCUT2D eigenvalue weighted by atomic mass is 9.75. The van der Waals surface area contributed by atoms with Crippen LogP contribution in [-0.4, -0.2) is 6.04 Å². The maximum absolute atomic E-state index is 2.52. The molecule has 5 aliphatic rings. The highest BCUT2D eigenvalue weighted by atomic mass is 15.2. The zero-order chi connectivity index (χ0) is 33.6. The van der Waals surface area contributed by atoms with Crippen LogP contribution in [0.4, 0.5) is 28.4 Å². The van der Waals surface area contributed by atoms with Crippen molar-refractivity contribution in [2.45, 2.75) is 18.9 Å². The minimum Gasteiger partial charge on any atom is -0.333 e. The van der Waals surface area contributed by atoms with Crippen molar-refractivity contribution in [1.82, 2.24) is 0 Å². The van der Waals surface area contributed by atoms with Crippen LogP contribution in [0.25, 0.3) is 28.0 Å². The number of anilines is 5. The van der Waals surface area contributed by atoms with Crippen molar-refractivity contribution in [3.05, 3.63) is 203 Å². The second kappa shape index (κ2) is 10.9. The van der Waals surface area contributed by atoms with E-state index >= 15 is 0 Å². The van der Waals surface area contributed by atoms with Crippen molar-refractivity contribution in [3.8, 4) is 0 Å². The fraction of sp³-hybridized carbons (Fsp3) is 0.102. The summed E-state index contributed by atoms with van der Waals surface area (Å²) >= 11 is 0. The van der Waals surface area contributed by atoms with E-state index < -0.39 is 0 Å². The predicted octanol–water partition coefficient (Wildman–Crippen LogP) is 10.6. The fourth-order valence-corrected chi connectivity index (χ4v) is 9.47. The van der Waals surface area contributed by atoms with Gasteiger partial charge in [0.25, 0.3) is 0 Å². The van der Waals surface area contributed by atoms with E-state index in [-0.39, 0.29) is 12.0 Å². The van der Waals surface area contributed by atoms with E-state index in [0.29, 0.717) is 11.8 Å². The van der Waals surface area contributed by atoms with Crippen molar-refractivity contribution in [2.75, 3.05) is 9.80 Å². The molecule has 0 N–H and O–H groups in total. The van der Waals surface area contributed by atoms with Gasteiger partial charge in [0.15, 0.2) is 0 Å². The third-order valence-corrected chi connectivity index (χ3v) is 11.8. The molecule has 2 nitrogen and oxygen atoms in total. The van der Waals surface area contributed by atoms with Gasteiger partial charge >= 0.3 is 0 Å². The second-order valence-electron chi connectivity index (χ2n) is 14.5. The molecule has 0 fully saturated rings. The lowest BCUT2D eigenvalue weighted by Gasteiger charge is -2.30. The standard InChI is InChI=1S/C49H36N2/c1-31-22-26-41-47-40(48-38-17-8-7-14-34(38)29-42(31)49(41)48)19-11-21-46(47)50(36-24-23-32-12-5-6-13-33(32)28-36)37-25-27-45-43(30-37)39-18-9-10-20-44(39)51(45)35-15-3-2-4-16-35/h2-31,39,42,44H,1H3. The molecular weight excluding hydrogens is 617 g/mol. The molecule has 2 heteroatoms. The molecule has 0 radical (unpaired) electrons. The van der Waals surface area contributed by atoms with Gasteiger partial charge in [-0.3, -0.25) is 0 Å². The van der Waals surface area contributed by atoms with Crippen molar-refractivity contribution in [3.63, 3.8) is 0 Å². The van der Waals surface area contributed by atoms with E-state index in [1.807, 2.05) is 0 Å². The molecule has 0 spiro atoms. The van der Waals surface area contributed by atoms with Gasteiger partial charge in [-0.1, -0.05) is 134 Å². The Balaban J connectivity index is 1.17. The van der Waals surface area contributed by atoms with Crippen LogP contribution in [0.3, 0.4) is 0 Å². The number of hydrogen-bond donors (Lipinski definition) is 0. The highest BCUT2D eigenvalue weighted by Crippen LogP contribution is 2.55. The summed E-state index contributed by atoms with van der Waals surface area (Å²) in [5, 5.41) is 5.18. The number of para-hydroxylation sites is 1. The van der Waals surface area contributed by atoms with E-state index in [0.717, 1.165) is 5.69 Å². The summed E-state index contributed by atoms with van der Waals surface area (Å²) in [5.74, 6) is 1.07. The molecule has 6 aromatic carbocycles. The van der Waals surface area contributed by atoms with Crippen LogP contribution in [0.2, 0.25) is 0 Å². The normalized spacial score (nSPS) is 21.6. The topological polar surface area (TPSA) is 6.48 Å². The Bertz CT molecular complexity index is 2690. The molecule has 0 amide bonds. The van der Waals surface area contributed by atoms with Gasteiger partial charge in [0.05, 0.1) is 11.7 Å². The van der Waals surface area contributed by atoms with E-state index in [4.69, 9.17) is 0 Å². The van der Waals surface area contributed by atoms with Gasteiger partial charge < -0.3 is 9.80 Å². The molecule has 0 saturated heterocycles. The quantitative estimate of drug-likeness (QED) is 0.187. The predicted molar refractivity (Wildman–Crippen MR) is 213 cm³/mol. The van der Waals surface area contributed by atoms with Crippen LogP contribution in [0.5, 0.6) is 0 Å². The molecule has 4 unspecified atom stereocenters. The van der Waals surface area contributed by atoms with Crippen molar-refractivity contribution < 1.29 is 0 Å². The first-order chi connectivity index (χ1) is 25.2. The van der Waals surface area contributed by atoms with Crippen LogP contribution < -0.4 is 20.2 Å². The maximum atomic E-state index is 2.52. The van der Waals surface area contributed by atoms with Crippen LogP contribution in [0.15, 0.2) is 175 Å². The first kappa shape index (κ1) is 28.7.